The normalized spacial score (nSPS) is 11.9. The van der Waals surface area contributed by atoms with Gasteiger partial charge >= 0.3 is 0 Å². The maximum atomic E-state index is 5.99. The Morgan fingerprint density at radius 1 is 0.947 bits per heavy atom. The number of nitrogens with two attached hydrogens (primary N) is 1. The van der Waals surface area contributed by atoms with Crippen LogP contribution < -0.4 is 15.2 Å². The summed E-state index contributed by atoms with van der Waals surface area (Å²) in [6, 6.07) is 17.7. The van der Waals surface area contributed by atoms with Crippen LogP contribution in [0.4, 0.5) is 0 Å². The van der Waals surface area contributed by atoms with Crippen molar-refractivity contribution >= 4 is 0 Å². The van der Waals surface area contributed by atoms with Crippen LogP contribution in [0.1, 0.15) is 18.1 Å². The van der Waals surface area contributed by atoms with E-state index < -0.39 is 0 Å². The number of methoxy groups -OCH3 is 1. The second-order valence-electron chi connectivity index (χ2n) is 4.27. The van der Waals surface area contributed by atoms with E-state index in [2.05, 4.69) is 0 Å². The SMILES string of the molecule is COc1ccc(C(CCN)Oc2ccccc2)cc1. The number of benzene rings is 2. The minimum atomic E-state index is -0.0293. The lowest BCUT2D eigenvalue weighted by atomic mass is 10.1. The summed E-state index contributed by atoms with van der Waals surface area (Å²) in [5, 5.41) is 0. The van der Waals surface area contributed by atoms with E-state index in [-0.39, 0.29) is 6.10 Å². The highest BCUT2D eigenvalue weighted by Gasteiger charge is 2.12. The van der Waals surface area contributed by atoms with Gasteiger partial charge in [0.05, 0.1) is 7.11 Å². The summed E-state index contributed by atoms with van der Waals surface area (Å²) in [7, 11) is 1.66. The number of hydrogen-bond donors (Lipinski definition) is 1. The molecule has 3 heteroatoms. The Labute approximate surface area is 114 Å². The van der Waals surface area contributed by atoms with Crippen molar-refractivity contribution in [3.05, 3.63) is 60.2 Å². The van der Waals surface area contributed by atoms with Gasteiger partial charge in [0.25, 0.3) is 0 Å². The molecule has 1 unspecified atom stereocenters. The van der Waals surface area contributed by atoms with Gasteiger partial charge in [-0.2, -0.15) is 0 Å². The maximum Gasteiger partial charge on any atom is 0.125 e. The van der Waals surface area contributed by atoms with Gasteiger partial charge in [-0.1, -0.05) is 30.3 Å². The van der Waals surface area contributed by atoms with Gasteiger partial charge in [-0.25, -0.2) is 0 Å². The minimum absolute atomic E-state index is 0.0293. The smallest absolute Gasteiger partial charge is 0.125 e. The number of hydrogen-bond acceptors (Lipinski definition) is 3. The van der Waals surface area contributed by atoms with E-state index in [4.69, 9.17) is 15.2 Å². The van der Waals surface area contributed by atoms with Crippen LogP contribution in [0.2, 0.25) is 0 Å². The molecule has 19 heavy (non-hydrogen) atoms. The van der Waals surface area contributed by atoms with Crippen LogP contribution in [0, 0.1) is 0 Å². The van der Waals surface area contributed by atoms with E-state index in [1.165, 1.54) is 0 Å². The molecule has 2 aromatic rings. The van der Waals surface area contributed by atoms with Crippen LogP contribution in [0.5, 0.6) is 11.5 Å². The molecule has 0 spiro atoms. The Bertz CT molecular complexity index is 482. The van der Waals surface area contributed by atoms with Crippen molar-refractivity contribution in [2.75, 3.05) is 13.7 Å². The highest BCUT2D eigenvalue weighted by atomic mass is 16.5. The zero-order chi connectivity index (χ0) is 13.5. The molecular formula is C16H19NO2. The topological polar surface area (TPSA) is 44.5 Å². The molecule has 0 radical (unpaired) electrons. The zero-order valence-corrected chi connectivity index (χ0v) is 11.1. The first-order chi connectivity index (χ1) is 9.33. The van der Waals surface area contributed by atoms with Crippen LogP contribution in [0.15, 0.2) is 54.6 Å². The summed E-state index contributed by atoms with van der Waals surface area (Å²) >= 11 is 0. The molecular weight excluding hydrogens is 238 g/mol. The molecule has 2 rings (SSSR count). The van der Waals surface area contributed by atoms with Gasteiger partial charge in [0.2, 0.25) is 0 Å². The molecule has 0 saturated heterocycles. The Morgan fingerprint density at radius 2 is 1.63 bits per heavy atom. The van der Waals surface area contributed by atoms with Crippen molar-refractivity contribution < 1.29 is 9.47 Å². The summed E-state index contributed by atoms with van der Waals surface area (Å²) in [5.41, 5.74) is 6.78. The van der Waals surface area contributed by atoms with Crippen molar-refractivity contribution in [3.8, 4) is 11.5 Å². The largest absolute Gasteiger partial charge is 0.497 e. The first kappa shape index (κ1) is 13.4. The molecule has 0 aromatic heterocycles. The molecule has 0 aliphatic heterocycles. The summed E-state index contributed by atoms with van der Waals surface area (Å²) in [4.78, 5) is 0. The molecule has 0 fully saturated rings. The summed E-state index contributed by atoms with van der Waals surface area (Å²) in [5.74, 6) is 1.70. The van der Waals surface area contributed by atoms with Crippen molar-refractivity contribution in [3.63, 3.8) is 0 Å². The third-order valence-corrected chi connectivity index (χ3v) is 2.94. The van der Waals surface area contributed by atoms with E-state index in [1.54, 1.807) is 7.11 Å². The fourth-order valence-corrected chi connectivity index (χ4v) is 1.93. The van der Waals surface area contributed by atoms with Gasteiger partial charge in [0.1, 0.15) is 17.6 Å². The van der Waals surface area contributed by atoms with Crippen molar-refractivity contribution in [1.29, 1.82) is 0 Å². The number of para-hydroxylation sites is 1. The number of ether oxygens (including phenoxy) is 2. The molecule has 0 amide bonds. The van der Waals surface area contributed by atoms with Crippen LogP contribution in [-0.4, -0.2) is 13.7 Å². The van der Waals surface area contributed by atoms with E-state index in [9.17, 15) is 0 Å². The minimum Gasteiger partial charge on any atom is -0.497 e. The maximum absolute atomic E-state index is 5.99. The third-order valence-electron chi connectivity index (χ3n) is 2.94. The van der Waals surface area contributed by atoms with Gasteiger partial charge in [-0.15, -0.1) is 0 Å². The lowest BCUT2D eigenvalue weighted by Gasteiger charge is -2.19. The predicted molar refractivity (Wildman–Crippen MR) is 76.5 cm³/mol. The van der Waals surface area contributed by atoms with Gasteiger partial charge < -0.3 is 15.2 Å². The Morgan fingerprint density at radius 3 is 2.21 bits per heavy atom. The second-order valence-corrected chi connectivity index (χ2v) is 4.27. The zero-order valence-electron chi connectivity index (χ0n) is 11.1. The molecule has 0 aliphatic carbocycles. The number of rotatable bonds is 6. The second kappa shape index (κ2) is 6.81. The monoisotopic (exact) mass is 257 g/mol. The fraction of sp³-hybridized carbons (Fsp3) is 0.250. The predicted octanol–water partition coefficient (Wildman–Crippen LogP) is 3.16. The highest BCUT2D eigenvalue weighted by Crippen LogP contribution is 2.25. The third kappa shape index (κ3) is 3.73. The average molecular weight is 257 g/mol. The van der Waals surface area contributed by atoms with E-state index in [1.807, 2.05) is 54.6 Å². The molecule has 0 saturated carbocycles. The van der Waals surface area contributed by atoms with Crippen LogP contribution in [0.25, 0.3) is 0 Å². The summed E-state index contributed by atoms with van der Waals surface area (Å²) < 4.78 is 11.2. The quantitative estimate of drug-likeness (QED) is 0.864. The van der Waals surface area contributed by atoms with Gasteiger partial charge in [-0.05, 0) is 36.4 Å². The lowest BCUT2D eigenvalue weighted by molar-refractivity contribution is 0.197. The standard InChI is InChI=1S/C16H19NO2/c1-18-14-9-7-13(8-10-14)16(11-12-17)19-15-5-3-2-4-6-15/h2-10,16H,11-12,17H2,1H3. The summed E-state index contributed by atoms with van der Waals surface area (Å²) in [6.45, 7) is 0.587. The van der Waals surface area contributed by atoms with Crippen LogP contribution >= 0.6 is 0 Å². The fourth-order valence-electron chi connectivity index (χ4n) is 1.93. The Kier molecular flexibility index (Phi) is 4.81. The highest BCUT2D eigenvalue weighted by molar-refractivity contribution is 5.30. The lowest BCUT2D eigenvalue weighted by Crippen LogP contribution is -2.13. The van der Waals surface area contributed by atoms with Crippen LogP contribution in [-0.2, 0) is 0 Å². The molecule has 0 heterocycles. The van der Waals surface area contributed by atoms with E-state index in [0.29, 0.717) is 6.54 Å². The summed E-state index contributed by atoms with van der Waals surface area (Å²) in [6.07, 6.45) is 0.750. The van der Waals surface area contributed by atoms with Gasteiger partial charge in [0, 0.05) is 6.42 Å². The van der Waals surface area contributed by atoms with Crippen molar-refractivity contribution in [2.24, 2.45) is 5.73 Å². The van der Waals surface area contributed by atoms with Gasteiger partial charge in [-0.3, -0.25) is 0 Å². The Balaban J connectivity index is 2.14. The van der Waals surface area contributed by atoms with Crippen molar-refractivity contribution in [2.45, 2.75) is 12.5 Å². The van der Waals surface area contributed by atoms with Gasteiger partial charge in [0.15, 0.2) is 0 Å². The van der Waals surface area contributed by atoms with E-state index in [0.717, 1.165) is 23.5 Å². The first-order valence-corrected chi connectivity index (χ1v) is 6.39. The first-order valence-electron chi connectivity index (χ1n) is 6.39. The molecule has 2 N–H and O–H groups in total. The molecule has 0 aliphatic rings. The van der Waals surface area contributed by atoms with Crippen LogP contribution in [0.3, 0.4) is 0 Å². The molecule has 2 aromatic carbocycles. The van der Waals surface area contributed by atoms with E-state index >= 15 is 0 Å². The molecule has 1 atom stereocenters. The molecule has 0 bridgehead atoms. The van der Waals surface area contributed by atoms with Crippen molar-refractivity contribution in [1.82, 2.24) is 0 Å². The molecule has 100 valence electrons. The Hall–Kier alpha value is -2.00. The molecule has 3 nitrogen and oxygen atoms in total. The average Bonchev–Trinajstić information content (AvgIpc) is 2.48.